The van der Waals surface area contributed by atoms with Crippen LogP contribution in [0.15, 0.2) is 0 Å². The van der Waals surface area contributed by atoms with Crippen LogP contribution in [-0.2, 0) is 0 Å². The van der Waals surface area contributed by atoms with E-state index in [0.717, 1.165) is 0 Å². The van der Waals surface area contributed by atoms with Crippen molar-refractivity contribution >= 4 is 11.6 Å². The third kappa shape index (κ3) is 0.714. The van der Waals surface area contributed by atoms with Gasteiger partial charge in [-0.05, 0) is 31.1 Å². The predicted molar refractivity (Wildman–Crippen MR) is 36.5 cm³/mol. The Bertz CT molecular complexity index is 108. The molecule has 0 spiro atoms. The molecule has 1 N–H and O–H groups in total. The van der Waals surface area contributed by atoms with Gasteiger partial charge < -0.3 is 5.11 Å². The maximum Gasteiger partial charge on any atom is 0.0734 e. The Morgan fingerprint density at radius 3 is 2.22 bits per heavy atom. The molecule has 0 aromatic carbocycles. The van der Waals surface area contributed by atoms with Gasteiger partial charge in [0.05, 0.1) is 11.5 Å². The minimum absolute atomic E-state index is 0.0729. The lowest BCUT2D eigenvalue weighted by Gasteiger charge is -2.20. The van der Waals surface area contributed by atoms with Crippen molar-refractivity contribution in [1.82, 2.24) is 0 Å². The van der Waals surface area contributed by atoms with Crippen LogP contribution in [0.25, 0.3) is 0 Å². The molecule has 0 unspecified atom stereocenters. The molecule has 9 heavy (non-hydrogen) atoms. The Labute approximate surface area is 60.0 Å². The Hall–Kier alpha value is 0.250. The fourth-order valence-electron chi connectivity index (χ4n) is 2.19. The molecule has 2 aliphatic carbocycles. The van der Waals surface area contributed by atoms with Crippen LogP contribution in [0, 0.1) is 11.8 Å². The van der Waals surface area contributed by atoms with Gasteiger partial charge in [0, 0.05) is 0 Å². The maximum atomic E-state index is 9.36. The first-order chi connectivity index (χ1) is 4.29. The first-order valence-electron chi connectivity index (χ1n) is 3.61. The molecule has 0 amide bonds. The number of aliphatic hydroxyl groups is 1. The standard InChI is InChI=1S/C7H11ClO/c8-6-4-1-2-5(3-4)7(6)9/h4-7,9H,1-3H2/t4-,5+,6+,7-/m1/s1. The van der Waals surface area contributed by atoms with E-state index in [1.165, 1.54) is 19.3 Å². The highest BCUT2D eigenvalue weighted by molar-refractivity contribution is 6.21. The lowest BCUT2D eigenvalue weighted by atomic mass is 9.97. The zero-order chi connectivity index (χ0) is 6.43. The van der Waals surface area contributed by atoms with Crippen LogP contribution < -0.4 is 0 Å². The third-order valence-corrected chi connectivity index (χ3v) is 3.39. The van der Waals surface area contributed by atoms with Gasteiger partial charge in [-0.1, -0.05) is 0 Å². The number of fused-ring (bicyclic) bond motifs is 2. The van der Waals surface area contributed by atoms with E-state index in [9.17, 15) is 5.11 Å². The quantitative estimate of drug-likeness (QED) is 0.512. The summed E-state index contributed by atoms with van der Waals surface area (Å²) in [4.78, 5) is 0. The zero-order valence-electron chi connectivity index (χ0n) is 5.26. The highest BCUT2D eigenvalue weighted by atomic mass is 35.5. The summed E-state index contributed by atoms with van der Waals surface area (Å²) < 4.78 is 0. The summed E-state index contributed by atoms with van der Waals surface area (Å²) in [5, 5.41) is 9.43. The van der Waals surface area contributed by atoms with E-state index < -0.39 is 0 Å². The lowest BCUT2D eigenvalue weighted by Crippen LogP contribution is -2.27. The van der Waals surface area contributed by atoms with Gasteiger partial charge in [-0.3, -0.25) is 0 Å². The molecule has 2 saturated carbocycles. The van der Waals surface area contributed by atoms with Gasteiger partial charge in [-0.15, -0.1) is 11.6 Å². The fourth-order valence-corrected chi connectivity index (χ4v) is 2.63. The molecule has 4 atom stereocenters. The highest BCUT2D eigenvalue weighted by Gasteiger charge is 2.45. The van der Waals surface area contributed by atoms with Crippen molar-refractivity contribution < 1.29 is 5.11 Å². The molecule has 0 heterocycles. The number of rotatable bonds is 0. The molecule has 1 nitrogen and oxygen atoms in total. The zero-order valence-corrected chi connectivity index (χ0v) is 6.01. The molecule has 0 radical (unpaired) electrons. The Balaban J connectivity index is 2.15. The molecular formula is C7H11ClO. The molecule has 2 aliphatic rings. The Morgan fingerprint density at radius 2 is 1.89 bits per heavy atom. The van der Waals surface area contributed by atoms with E-state index in [0.29, 0.717) is 11.8 Å². The summed E-state index contributed by atoms with van der Waals surface area (Å²) in [6.07, 6.45) is 3.44. The molecule has 2 heteroatoms. The van der Waals surface area contributed by atoms with Crippen molar-refractivity contribution in [2.24, 2.45) is 11.8 Å². The van der Waals surface area contributed by atoms with Gasteiger partial charge >= 0.3 is 0 Å². The molecular weight excluding hydrogens is 136 g/mol. The van der Waals surface area contributed by atoms with Crippen molar-refractivity contribution in [1.29, 1.82) is 0 Å². The van der Waals surface area contributed by atoms with Crippen LogP contribution in [0.2, 0.25) is 0 Å². The van der Waals surface area contributed by atoms with Crippen LogP contribution in [0.5, 0.6) is 0 Å². The van der Waals surface area contributed by atoms with Crippen molar-refractivity contribution in [2.75, 3.05) is 0 Å². The minimum atomic E-state index is -0.189. The second-order valence-corrected chi connectivity index (χ2v) is 3.77. The first-order valence-corrected chi connectivity index (χ1v) is 4.05. The number of hydrogen-bond acceptors (Lipinski definition) is 1. The van der Waals surface area contributed by atoms with Gasteiger partial charge in [-0.2, -0.15) is 0 Å². The summed E-state index contributed by atoms with van der Waals surface area (Å²) in [5.74, 6) is 1.17. The number of alkyl halides is 1. The van der Waals surface area contributed by atoms with Crippen LogP contribution in [0.1, 0.15) is 19.3 Å². The van der Waals surface area contributed by atoms with Crippen molar-refractivity contribution in [3.63, 3.8) is 0 Å². The van der Waals surface area contributed by atoms with Gasteiger partial charge in [0.15, 0.2) is 0 Å². The van der Waals surface area contributed by atoms with Gasteiger partial charge in [0.25, 0.3) is 0 Å². The largest absolute Gasteiger partial charge is 0.391 e. The second-order valence-electron chi connectivity index (χ2n) is 3.27. The average molecular weight is 147 g/mol. The summed E-state index contributed by atoms with van der Waals surface area (Å²) in [7, 11) is 0. The summed E-state index contributed by atoms with van der Waals surface area (Å²) in [6, 6.07) is 0. The fraction of sp³-hybridized carbons (Fsp3) is 1.00. The Kier molecular flexibility index (Phi) is 1.24. The van der Waals surface area contributed by atoms with E-state index in [2.05, 4.69) is 0 Å². The monoisotopic (exact) mass is 146 g/mol. The van der Waals surface area contributed by atoms with E-state index in [1.807, 2.05) is 0 Å². The molecule has 0 saturated heterocycles. The van der Waals surface area contributed by atoms with Crippen molar-refractivity contribution in [3.8, 4) is 0 Å². The number of hydrogen-bond donors (Lipinski definition) is 1. The molecule has 0 aromatic rings. The van der Waals surface area contributed by atoms with Crippen molar-refractivity contribution in [3.05, 3.63) is 0 Å². The van der Waals surface area contributed by atoms with E-state index in [-0.39, 0.29) is 11.5 Å². The Morgan fingerprint density at radius 1 is 1.22 bits per heavy atom. The van der Waals surface area contributed by atoms with Gasteiger partial charge in [-0.25, -0.2) is 0 Å². The molecule has 2 rings (SSSR count). The predicted octanol–water partition coefficient (Wildman–Crippen LogP) is 1.38. The highest BCUT2D eigenvalue weighted by Crippen LogP contribution is 2.46. The molecule has 52 valence electrons. The third-order valence-electron chi connectivity index (χ3n) is 2.77. The second kappa shape index (κ2) is 1.86. The first kappa shape index (κ1) is 5.99. The van der Waals surface area contributed by atoms with Crippen LogP contribution in [0.3, 0.4) is 0 Å². The lowest BCUT2D eigenvalue weighted by molar-refractivity contribution is 0.117. The normalized spacial score (nSPS) is 56.7. The topological polar surface area (TPSA) is 20.2 Å². The van der Waals surface area contributed by atoms with E-state index >= 15 is 0 Å². The van der Waals surface area contributed by atoms with Gasteiger partial charge in [0.2, 0.25) is 0 Å². The summed E-state index contributed by atoms with van der Waals surface area (Å²) in [6.45, 7) is 0. The van der Waals surface area contributed by atoms with E-state index in [1.54, 1.807) is 0 Å². The summed E-state index contributed by atoms with van der Waals surface area (Å²) >= 11 is 5.91. The van der Waals surface area contributed by atoms with Gasteiger partial charge in [0.1, 0.15) is 0 Å². The van der Waals surface area contributed by atoms with Crippen LogP contribution in [0.4, 0.5) is 0 Å². The number of halogens is 1. The minimum Gasteiger partial charge on any atom is -0.391 e. The number of aliphatic hydroxyl groups excluding tert-OH is 1. The smallest absolute Gasteiger partial charge is 0.0734 e. The maximum absolute atomic E-state index is 9.36. The molecule has 0 aromatic heterocycles. The molecule has 0 aliphatic heterocycles. The van der Waals surface area contributed by atoms with Crippen LogP contribution >= 0.6 is 11.6 Å². The SMILES string of the molecule is O[C@@H]1[C@H]2CC[C@H](C2)[C@@H]1Cl. The molecule has 2 fully saturated rings. The molecule has 2 bridgehead atoms. The van der Waals surface area contributed by atoms with Crippen LogP contribution in [-0.4, -0.2) is 16.6 Å². The van der Waals surface area contributed by atoms with E-state index in [4.69, 9.17) is 11.6 Å². The summed E-state index contributed by atoms with van der Waals surface area (Å²) in [5.41, 5.74) is 0. The average Bonchev–Trinajstić information content (AvgIpc) is 2.37. The van der Waals surface area contributed by atoms with Crippen molar-refractivity contribution in [2.45, 2.75) is 30.7 Å².